The second-order valence-electron chi connectivity index (χ2n) is 6.16. The summed E-state index contributed by atoms with van der Waals surface area (Å²) >= 11 is 0. The van der Waals surface area contributed by atoms with E-state index in [0.717, 1.165) is 6.42 Å². The third-order valence-corrected chi connectivity index (χ3v) is 2.76. The standard InChI is InChI=1S/C14H27NO5/c1-5-6-11(16)7-8-14(19)20-12(9-13(17)18)10-15(2,3)4/h11-12,16H,5-10H2,1-4H3/p+1. The molecule has 0 radical (unpaired) electrons. The van der Waals surface area contributed by atoms with E-state index in [0.29, 0.717) is 23.9 Å². The van der Waals surface area contributed by atoms with E-state index in [1.54, 1.807) is 0 Å². The van der Waals surface area contributed by atoms with Gasteiger partial charge in [0.15, 0.2) is 6.10 Å². The van der Waals surface area contributed by atoms with Crippen molar-refractivity contribution in [3.05, 3.63) is 0 Å². The van der Waals surface area contributed by atoms with Crippen molar-refractivity contribution in [2.24, 2.45) is 0 Å². The second-order valence-corrected chi connectivity index (χ2v) is 6.16. The van der Waals surface area contributed by atoms with Crippen molar-refractivity contribution in [3.8, 4) is 0 Å². The van der Waals surface area contributed by atoms with E-state index in [4.69, 9.17) is 9.84 Å². The van der Waals surface area contributed by atoms with Crippen LogP contribution in [0.5, 0.6) is 0 Å². The molecule has 0 heterocycles. The molecule has 0 aromatic rings. The van der Waals surface area contributed by atoms with Crippen LogP contribution >= 0.6 is 0 Å². The fraction of sp³-hybridized carbons (Fsp3) is 0.857. The summed E-state index contributed by atoms with van der Waals surface area (Å²) < 4.78 is 5.74. The molecular weight excluding hydrogens is 262 g/mol. The number of esters is 1. The minimum absolute atomic E-state index is 0.119. The highest BCUT2D eigenvalue weighted by Gasteiger charge is 2.24. The lowest BCUT2D eigenvalue weighted by atomic mass is 10.1. The summed E-state index contributed by atoms with van der Waals surface area (Å²) in [5, 5.41) is 18.4. The number of carbonyl (C=O) groups is 2. The quantitative estimate of drug-likeness (QED) is 0.463. The Morgan fingerprint density at radius 2 is 1.80 bits per heavy atom. The van der Waals surface area contributed by atoms with Crippen LogP contribution in [0.4, 0.5) is 0 Å². The molecule has 6 heteroatoms. The lowest BCUT2D eigenvalue weighted by Gasteiger charge is -2.28. The van der Waals surface area contributed by atoms with E-state index in [9.17, 15) is 14.7 Å². The lowest BCUT2D eigenvalue weighted by molar-refractivity contribution is -0.873. The number of carbonyl (C=O) groups excluding carboxylic acids is 1. The fourth-order valence-electron chi connectivity index (χ4n) is 1.96. The number of carboxylic acid groups (broad SMARTS) is 1. The Morgan fingerprint density at radius 3 is 2.25 bits per heavy atom. The number of rotatable bonds is 10. The summed E-state index contributed by atoms with van der Waals surface area (Å²) in [6, 6.07) is 0. The zero-order valence-corrected chi connectivity index (χ0v) is 13.0. The Balaban J connectivity index is 4.28. The predicted molar refractivity (Wildman–Crippen MR) is 75.2 cm³/mol. The van der Waals surface area contributed by atoms with Gasteiger partial charge < -0.3 is 19.4 Å². The average Bonchev–Trinajstić information content (AvgIpc) is 2.23. The molecule has 20 heavy (non-hydrogen) atoms. The molecule has 0 rings (SSSR count). The van der Waals surface area contributed by atoms with Gasteiger partial charge in [0.05, 0.1) is 33.7 Å². The second kappa shape index (κ2) is 8.92. The van der Waals surface area contributed by atoms with Crippen LogP contribution in [-0.2, 0) is 14.3 Å². The third-order valence-electron chi connectivity index (χ3n) is 2.76. The smallest absolute Gasteiger partial charge is 0.307 e. The molecule has 2 unspecified atom stereocenters. The molecule has 0 saturated carbocycles. The topological polar surface area (TPSA) is 83.8 Å². The number of ether oxygens (including phenoxy) is 1. The first-order chi connectivity index (χ1) is 9.14. The molecule has 0 saturated heterocycles. The van der Waals surface area contributed by atoms with Gasteiger partial charge in [-0.05, 0) is 12.8 Å². The Bertz CT molecular complexity index is 311. The first-order valence-electron chi connectivity index (χ1n) is 7.03. The number of carboxylic acids is 1. The number of hydrogen-bond acceptors (Lipinski definition) is 4. The minimum atomic E-state index is -0.984. The minimum Gasteiger partial charge on any atom is -0.481 e. The van der Waals surface area contributed by atoms with E-state index < -0.39 is 24.1 Å². The number of quaternary nitrogens is 1. The first-order valence-corrected chi connectivity index (χ1v) is 7.03. The van der Waals surface area contributed by atoms with Crippen LogP contribution in [-0.4, -0.2) is 66.5 Å². The molecule has 0 aromatic carbocycles. The molecule has 0 spiro atoms. The van der Waals surface area contributed by atoms with Gasteiger partial charge in [-0.2, -0.15) is 0 Å². The Kier molecular flexibility index (Phi) is 8.41. The largest absolute Gasteiger partial charge is 0.481 e. The number of likely N-dealkylation sites (N-methyl/N-ethyl adjacent to an activating group) is 1. The summed E-state index contributed by atoms with van der Waals surface area (Å²) in [7, 11) is 5.73. The van der Waals surface area contributed by atoms with Crippen molar-refractivity contribution in [3.63, 3.8) is 0 Å². The maximum Gasteiger partial charge on any atom is 0.307 e. The van der Waals surface area contributed by atoms with E-state index in [2.05, 4.69) is 0 Å². The van der Waals surface area contributed by atoms with Gasteiger partial charge in [-0.1, -0.05) is 13.3 Å². The molecule has 0 bridgehead atoms. The fourth-order valence-corrected chi connectivity index (χ4v) is 1.96. The molecule has 118 valence electrons. The van der Waals surface area contributed by atoms with Crippen LogP contribution < -0.4 is 0 Å². The summed E-state index contributed by atoms with van der Waals surface area (Å²) in [6.45, 7) is 2.40. The number of aliphatic hydroxyl groups is 1. The summed E-state index contributed by atoms with van der Waals surface area (Å²) in [4.78, 5) is 22.5. The molecule has 0 aliphatic heterocycles. The van der Waals surface area contributed by atoms with Gasteiger partial charge in [-0.25, -0.2) is 0 Å². The van der Waals surface area contributed by atoms with E-state index >= 15 is 0 Å². The SMILES string of the molecule is CCCC(O)CCC(=O)OC(CC(=O)O)C[N+](C)(C)C. The maximum atomic E-state index is 11.7. The normalized spacial score (nSPS) is 14.7. The highest BCUT2D eigenvalue weighted by Crippen LogP contribution is 2.10. The van der Waals surface area contributed by atoms with Gasteiger partial charge >= 0.3 is 11.9 Å². The van der Waals surface area contributed by atoms with Crippen molar-refractivity contribution in [1.29, 1.82) is 0 Å². The molecule has 0 amide bonds. The predicted octanol–water partition coefficient (Wildman–Crippen LogP) is 1.02. The maximum absolute atomic E-state index is 11.7. The molecule has 0 aliphatic rings. The van der Waals surface area contributed by atoms with E-state index in [1.807, 2.05) is 28.1 Å². The number of aliphatic carboxylic acids is 1. The molecular formula is C14H28NO5+. The number of aliphatic hydroxyl groups excluding tert-OH is 1. The van der Waals surface area contributed by atoms with Crippen molar-refractivity contribution in [1.82, 2.24) is 0 Å². The Labute approximate surface area is 120 Å². The van der Waals surface area contributed by atoms with Crippen molar-refractivity contribution < 1.29 is 29.0 Å². The lowest BCUT2D eigenvalue weighted by Crippen LogP contribution is -2.43. The van der Waals surface area contributed by atoms with Gasteiger partial charge in [0, 0.05) is 6.42 Å². The van der Waals surface area contributed by atoms with Gasteiger partial charge in [0.1, 0.15) is 6.54 Å². The van der Waals surface area contributed by atoms with Crippen LogP contribution in [0.2, 0.25) is 0 Å². The van der Waals surface area contributed by atoms with Gasteiger partial charge in [0.2, 0.25) is 0 Å². The zero-order valence-electron chi connectivity index (χ0n) is 13.0. The molecule has 2 atom stereocenters. The average molecular weight is 290 g/mol. The van der Waals surface area contributed by atoms with Crippen LogP contribution in [0, 0.1) is 0 Å². The molecule has 0 aliphatic carbocycles. The summed E-state index contributed by atoms with van der Waals surface area (Å²) in [5.41, 5.74) is 0. The Morgan fingerprint density at radius 1 is 1.20 bits per heavy atom. The number of hydrogen-bond donors (Lipinski definition) is 2. The van der Waals surface area contributed by atoms with Crippen LogP contribution in [0.15, 0.2) is 0 Å². The van der Waals surface area contributed by atoms with Crippen molar-refractivity contribution >= 4 is 11.9 Å². The van der Waals surface area contributed by atoms with Crippen LogP contribution in [0.25, 0.3) is 0 Å². The van der Waals surface area contributed by atoms with E-state index in [1.165, 1.54) is 0 Å². The molecule has 0 fully saturated rings. The summed E-state index contributed by atoms with van der Waals surface area (Å²) in [6.07, 6.45) is 0.667. The first kappa shape index (κ1) is 18.9. The third kappa shape index (κ3) is 10.8. The van der Waals surface area contributed by atoms with Gasteiger partial charge in [0.25, 0.3) is 0 Å². The highest BCUT2D eigenvalue weighted by atomic mass is 16.5. The molecule has 6 nitrogen and oxygen atoms in total. The van der Waals surface area contributed by atoms with Crippen LogP contribution in [0.3, 0.4) is 0 Å². The molecule has 0 aromatic heterocycles. The molecule has 2 N–H and O–H groups in total. The van der Waals surface area contributed by atoms with Gasteiger partial charge in [-0.15, -0.1) is 0 Å². The van der Waals surface area contributed by atoms with Crippen molar-refractivity contribution in [2.75, 3.05) is 27.7 Å². The van der Waals surface area contributed by atoms with Crippen LogP contribution in [0.1, 0.15) is 39.0 Å². The number of nitrogens with zero attached hydrogens (tertiary/aromatic N) is 1. The zero-order chi connectivity index (χ0) is 15.8. The van der Waals surface area contributed by atoms with E-state index in [-0.39, 0.29) is 12.8 Å². The van der Waals surface area contributed by atoms with Crippen molar-refractivity contribution in [2.45, 2.75) is 51.2 Å². The monoisotopic (exact) mass is 290 g/mol. The highest BCUT2D eigenvalue weighted by molar-refractivity contribution is 5.71. The summed E-state index contributed by atoms with van der Waals surface area (Å²) in [5.74, 6) is -1.43. The Hall–Kier alpha value is -1.14. The van der Waals surface area contributed by atoms with Gasteiger partial charge in [-0.3, -0.25) is 9.59 Å².